The summed E-state index contributed by atoms with van der Waals surface area (Å²) in [5.41, 5.74) is 1.40. The van der Waals surface area contributed by atoms with Crippen LogP contribution in [0.3, 0.4) is 0 Å². The standard InChI is InChI=1S/C14H15NO2/c1-15-11-6-3-2-5-10(11)9-12(15)14(13(16)17)7-4-8-14/h2-3,5-6,9H,4,7-8H2,1H3,(H,16,17). The molecule has 1 N–H and O–H groups in total. The number of nitrogens with zero attached hydrogens (tertiary/aromatic N) is 1. The summed E-state index contributed by atoms with van der Waals surface area (Å²) >= 11 is 0. The van der Waals surface area contributed by atoms with Gasteiger partial charge in [-0.15, -0.1) is 0 Å². The van der Waals surface area contributed by atoms with Gasteiger partial charge in [0.15, 0.2) is 0 Å². The van der Waals surface area contributed by atoms with E-state index in [2.05, 4.69) is 0 Å². The Kier molecular flexibility index (Phi) is 2.05. The Morgan fingerprint density at radius 3 is 2.59 bits per heavy atom. The fraction of sp³-hybridized carbons (Fsp3) is 0.357. The van der Waals surface area contributed by atoms with Crippen LogP contribution in [0.5, 0.6) is 0 Å². The number of para-hydroxylation sites is 1. The number of aromatic nitrogens is 1. The summed E-state index contributed by atoms with van der Waals surface area (Å²) in [5, 5.41) is 10.6. The maximum atomic E-state index is 11.5. The summed E-state index contributed by atoms with van der Waals surface area (Å²) < 4.78 is 2.03. The number of carboxylic acid groups (broad SMARTS) is 1. The highest BCUT2D eigenvalue weighted by Crippen LogP contribution is 2.45. The number of aliphatic carboxylic acids is 1. The quantitative estimate of drug-likeness (QED) is 0.860. The first-order valence-electron chi connectivity index (χ1n) is 5.93. The third-order valence-electron chi connectivity index (χ3n) is 4.06. The van der Waals surface area contributed by atoms with Gasteiger partial charge in [-0.2, -0.15) is 0 Å². The highest BCUT2D eigenvalue weighted by atomic mass is 16.4. The summed E-state index contributed by atoms with van der Waals surface area (Å²) in [4.78, 5) is 11.5. The van der Waals surface area contributed by atoms with Crippen LogP contribution in [0.25, 0.3) is 10.9 Å². The molecular weight excluding hydrogens is 214 g/mol. The molecule has 3 heteroatoms. The van der Waals surface area contributed by atoms with E-state index in [-0.39, 0.29) is 0 Å². The molecule has 0 bridgehead atoms. The molecule has 3 rings (SSSR count). The first-order valence-corrected chi connectivity index (χ1v) is 5.93. The third kappa shape index (κ3) is 1.25. The minimum atomic E-state index is -0.686. The van der Waals surface area contributed by atoms with Crippen LogP contribution in [0, 0.1) is 0 Å². The van der Waals surface area contributed by atoms with E-state index in [1.165, 1.54) is 0 Å². The lowest BCUT2D eigenvalue weighted by atomic mass is 9.66. The molecule has 1 aliphatic rings. The van der Waals surface area contributed by atoms with E-state index in [1.807, 2.05) is 41.9 Å². The van der Waals surface area contributed by atoms with Crippen LogP contribution < -0.4 is 0 Å². The van der Waals surface area contributed by atoms with E-state index in [0.717, 1.165) is 35.9 Å². The highest BCUT2D eigenvalue weighted by Gasteiger charge is 2.47. The van der Waals surface area contributed by atoms with Gasteiger partial charge in [0.25, 0.3) is 0 Å². The zero-order chi connectivity index (χ0) is 12.0. The zero-order valence-corrected chi connectivity index (χ0v) is 9.81. The molecule has 1 heterocycles. The van der Waals surface area contributed by atoms with Gasteiger partial charge in [-0.05, 0) is 30.4 Å². The van der Waals surface area contributed by atoms with Gasteiger partial charge in [-0.3, -0.25) is 4.79 Å². The molecule has 0 amide bonds. The Hall–Kier alpha value is -1.77. The summed E-state index contributed by atoms with van der Waals surface area (Å²) in [6, 6.07) is 10.1. The summed E-state index contributed by atoms with van der Waals surface area (Å²) in [7, 11) is 1.96. The van der Waals surface area contributed by atoms with E-state index >= 15 is 0 Å². The molecule has 0 unspecified atom stereocenters. The molecule has 0 saturated heterocycles. The number of carbonyl (C=O) groups is 1. The van der Waals surface area contributed by atoms with Crippen LogP contribution in [0.15, 0.2) is 30.3 Å². The van der Waals surface area contributed by atoms with Gasteiger partial charge in [0.1, 0.15) is 5.41 Å². The first-order chi connectivity index (χ1) is 8.15. The Labute approximate surface area is 99.7 Å². The lowest BCUT2D eigenvalue weighted by molar-refractivity contribution is -0.147. The average Bonchev–Trinajstić information content (AvgIpc) is 2.56. The molecule has 1 aromatic carbocycles. The van der Waals surface area contributed by atoms with Crippen molar-refractivity contribution in [2.75, 3.05) is 0 Å². The van der Waals surface area contributed by atoms with Gasteiger partial charge in [-0.25, -0.2) is 0 Å². The predicted octanol–water partition coefficient (Wildman–Crippen LogP) is 2.68. The second-order valence-corrected chi connectivity index (χ2v) is 4.89. The summed E-state index contributed by atoms with van der Waals surface area (Å²) in [5.74, 6) is -0.686. The second kappa shape index (κ2) is 3.36. The Morgan fingerprint density at radius 1 is 1.35 bits per heavy atom. The van der Waals surface area contributed by atoms with Crippen LogP contribution in [0.2, 0.25) is 0 Å². The van der Waals surface area contributed by atoms with Crippen molar-refractivity contribution in [2.45, 2.75) is 24.7 Å². The summed E-state index contributed by atoms with van der Waals surface area (Å²) in [6.45, 7) is 0. The molecule has 0 radical (unpaired) electrons. The second-order valence-electron chi connectivity index (χ2n) is 4.89. The highest BCUT2D eigenvalue weighted by molar-refractivity contribution is 5.87. The van der Waals surface area contributed by atoms with Gasteiger partial charge in [-0.1, -0.05) is 24.6 Å². The van der Waals surface area contributed by atoms with E-state index < -0.39 is 11.4 Å². The van der Waals surface area contributed by atoms with Crippen LogP contribution in [0.4, 0.5) is 0 Å². The number of carboxylic acids is 1. The monoisotopic (exact) mass is 229 g/mol. The number of rotatable bonds is 2. The van der Waals surface area contributed by atoms with E-state index in [0.29, 0.717) is 0 Å². The minimum Gasteiger partial charge on any atom is -0.481 e. The number of hydrogen-bond acceptors (Lipinski definition) is 1. The van der Waals surface area contributed by atoms with Crippen LogP contribution in [0.1, 0.15) is 25.0 Å². The maximum Gasteiger partial charge on any atom is 0.315 e. The van der Waals surface area contributed by atoms with Gasteiger partial charge in [0.05, 0.1) is 0 Å². The van der Waals surface area contributed by atoms with Crippen LogP contribution in [-0.2, 0) is 17.3 Å². The largest absolute Gasteiger partial charge is 0.481 e. The number of fused-ring (bicyclic) bond motifs is 1. The van der Waals surface area contributed by atoms with Crippen LogP contribution in [-0.4, -0.2) is 15.6 Å². The van der Waals surface area contributed by atoms with Crippen molar-refractivity contribution in [3.8, 4) is 0 Å². The van der Waals surface area contributed by atoms with Crippen molar-refractivity contribution >= 4 is 16.9 Å². The van der Waals surface area contributed by atoms with E-state index in [4.69, 9.17) is 0 Å². The number of benzene rings is 1. The molecule has 88 valence electrons. The normalized spacial score (nSPS) is 17.9. The van der Waals surface area contributed by atoms with E-state index in [1.54, 1.807) is 0 Å². The Morgan fingerprint density at radius 2 is 2.06 bits per heavy atom. The molecule has 3 nitrogen and oxygen atoms in total. The molecule has 17 heavy (non-hydrogen) atoms. The van der Waals surface area contributed by atoms with Crippen molar-refractivity contribution in [2.24, 2.45) is 7.05 Å². The summed E-state index contributed by atoms with van der Waals surface area (Å²) in [6.07, 6.45) is 2.52. The zero-order valence-electron chi connectivity index (χ0n) is 9.81. The Bertz CT molecular complexity index is 593. The van der Waals surface area contributed by atoms with Gasteiger partial charge < -0.3 is 9.67 Å². The van der Waals surface area contributed by atoms with Gasteiger partial charge in [0, 0.05) is 18.3 Å². The lowest BCUT2D eigenvalue weighted by Gasteiger charge is -2.38. The van der Waals surface area contributed by atoms with Crippen molar-refractivity contribution in [1.82, 2.24) is 4.57 Å². The smallest absolute Gasteiger partial charge is 0.315 e. The van der Waals surface area contributed by atoms with E-state index in [9.17, 15) is 9.90 Å². The molecule has 2 aromatic rings. The molecule has 0 spiro atoms. The number of aryl methyl sites for hydroxylation is 1. The SMILES string of the molecule is Cn1c(C2(C(=O)O)CCC2)cc2ccccc21. The van der Waals surface area contributed by atoms with Gasteiger partial charge >= 0.3 is 5.97 Å². The fourth-order valence-corrected chi connectivity index (χ4v) is 2.86. The molecule has 1 aromatic heterocycles. The topological polar surface area (TPSA) is 42.2 Å². The third-order valence-corrected chi connectivity index (χ3v) is 4.06. The first kappa shape index (κ1) is 10.4. The molecule has 0 atom stereocenters. The molecule has 1 aliphatic carbocycles. The Balaban J connectivity index is 2.24. The number of hydrogen-bond donors (Lipinski definition) is 1. The molecule has 0 aliphatic heterocycles. The molecule has 1 saturated carbocycles. The van der Waals surface area contributed by atoms with Crippen LogP contribution >= 0.6 is 0 Å². The predicted molar refractivity (Wildman–Crippen MR) is 66.1 cm³/mol. The van der Waals surface area contributed by atoms with Crippen molar-refractivity contribution in [3.05, 3.63) is 36.0 Å². The maximum absolute atomic E-state index is 11.5. The molecular formula is C14H15NO2. The molecule has 1 fully saturated rings. The average molecular weight is 229 g/mol. The lowest BCUT2D eigenvalue weighted by Crippen LogP contribution is -2.43. The fourth-order valence-electron chi connectivity index (χ4n) is 2.86. The van der Waals surface area contributed by atoms with Crippen molar-refractivity contribution < 1.29 is 9.90 Å². The van der Waals surface area contributed by atoms with Crippen molar-refractivity contribution in [3.63, 3.8) is 0 Å². The minimum absolute atomic E-state index is 0.645. The van der Waals surface area contributed by atoms with Gasteiger partial charge in [0.2, 0.25) is 0 Å². The van der Waals surface area contributed by atoms with Crippen molar-refractivity contribution in [1.29, 1.82) is 0 Å².